The number of quaternary nitrogens is 2. The molecule has 0 amide bonds. The fraction of sp³-hybridized carbons (Fsp3) is 1.00. The van der Waals surface area contributed by atoms with Gasteiger partial charge in [-0.3, -0.25) is 0 Å². The summed E-state index contributed by atoms with van der Waals surface area (Å²) in [6.45, 7) is 5.42. The topological polar surface area (TPSA) is 0 Å². The number of hydrogen-bond donors (Lipinski definition) is 0. The van der Waals surface area contributed by atoms with Crippen LogP contribution in [0.4, 0.5) is 0 Å². The third kappa shape index (κ3) is 3.31. The summed E-state index contributed by atoms with van der Waals surface area (Å²) in [7, 11) is 4.84. The average Bonchev–Trinajstić information content (AvgIpc) is 2.96. The van der Waals surface area contributed by atoms with E-state index in [1.54, 1.807) is 0 Å². The Hall–Kier alpha value is 0.880. The van der Waals surface area contributed by atoms with Gasteiger partial charge in [0.25, 0.3) is 0 Å². The molecule has 2 aliphatic heterocycles. The fourth-order valence-electron chi connectivity index (χ4n) is 3.57. The summed E-state index contributed by atoms with van der Waals surface area (Å²) in [4.78, 5) is 1.29. The summed E-state index contributed by atoms with van der Waals surface area (Å²) in [6, 6.07) is 0. The number of halogens is 2. The second-order valence-corrected chi connectivity index (χ2v) is 8.83. The summed E-state index contributed by atoms with van der Waals surface area (Å²) in [5.41, 5.74) is 0. The van der Waals surface area contributed by atoms with Gasteiger partial charge in [0.05, 0.1) is 40.3 Å². The molecule has 0 radical (unpaired) electrons. The van der Waals surface area contributed by atoms with E-state index in [1.165, 1.54) is 73.7 Å². The van der Waals surface area contributed by atoms with Crippen LogP contribution in [0, 0.1) is 0 Å². The van der Waals surface area contributed by atoms with Gasteiger partial charge in [-0.15, -0.1) is 0 Å². The van der Waals surface area contributed by atoms with Gasteiger partial charge in [-0.25, -0.2) is 0 Å². The van der Waals surface area contributed by atoms with Gasteiger partial charge >= 0.3 is 0 Å². The summed E-state index contributed by atoms with van der Waals surface area (Å²) in [5, 5.41) is 0. The van der Waals surface area contributed by atoms with E-state index in [0.29, 0.717) is 9.90 Å². The highest BCUT2D eigenvalue weighted by Gasteiger charge is 2.37. The second-order valence-electron chi connectivity index (χ2n) is 6.71. The largest absolute Gasteiger partial charge is 0.315 e. The molecule has 0 bridgehead atoms. The van der Waals surface area contributed by atoms with E-state index in [-0.39, 0.29) is 0 Å². The molecular formula is C14H28Br2N2+2. The molecule has 2 aliphatic rings. The Labute approximate surface area is 129 Å². The van der Waals surface area contributed by atoms with Crippen molar-refractivity contribution in [3.63, 3.8) is 0 Å². The number of likely N-dealkylation sites (tertiary alicyclic amines) is 2. The maximum atomic E-state index is 3.96. The van der Waals surface area contributed by atoms with Gasteiger partial charge in [-0.05, 0) is 31.9 Å². The van der Waals surface area contributed by atoms with Crippen molar-refractivity contribution >= 4 is 31.9 Å². The Morgan fingerprint density at radius 2 is 1.00 bits per heavy atom. The smallest absolute Gasteiger partial charge is 0.144 e. The standard InChI is InChI=1S/C14H28Br2N2/c1-17(9-3-4-10-17)13(15)7-8-14(16)18(2)11-5-6-12-18/h13-14H,3-12H2,1-2H3/q+2. The van der Waals surface area contributed by atoms with E-state index >= 15 is 0 Å². The normalized spacial score (nSPS) is 29.3. The molecule has 2 unspecified atom stereocenters. The maximum Gasteiger partial charge on any atom is 0.144 e. The highest BCUT2D eigenvalue weighted by Crippen LogP contribution is 2.32. The summed E-state index contributed by atoms with van der Waals surface area (Å²) in [6.07, 6.45) is 8.21. The zero-order valence-corrected chi connectivity index (χ0v) is 15.0. The van der Waals surface area contributed by atoms with Gasteiger partial charge in [-0.2, -0.15) is 0 Å². The van der Waals surface area contributed by atoms with Crippen molar-refractivity contribution in [3.05, 3.63) is 0 Å². The Morgan fingerprint density at radius 1 is 0.722 bits per heavy atom. The summed E-state index contributed by atoms with van der Waals surface area (Å²) in [5.74, 6) is 0. The van der Waals surface area contributed by atoms with E-state index < -0.39 is 0 Å². The molecule has 4 heteroatoms. The molecule has 2 nitrogen and oxygen atoms in total. The molecule has 2 rings (SSSR count). The Kier molecular flexibility index (Phi) is 5.18. The summed E-state index contributed by atoms with van der Waals surface area (Å²) < 4.78 is 2.48. The van der Waals surface area contributed by atoms with Crippen LogP contribution in [0.1, 0.15) is 38.5 Å². The lowest BCUT2D eigenvalue weighted by molar-refractivity contribution is -0.913. The van der Waals surface area contributed by atoms with E-state index in [2.05, 4.69) is 46.0 Å². The second kappa shape index (κ2) is 6.11. The van der Waals surface area contributed by atoms with E-state index in [9.17, 15) is 0 Å². The third-order valence-corrected chi connectivity index (χ3v) is 8.06. The van der Waals surface area contributed by atoms with Gasteiger partial charge in [0.2, 0.25) is 0 Å². The highest BCUT2D eigenvalue weighted by molar-refractivity contribution is 9.09. The van der Waals surface area contributed by atoms with Gasteiger partial charge in [-0.1, -0.05) is 0 Å². The van der Waals surface area contributed by atoms with Gasteiger partial charge in [0.15, 0.2) is 0 Å². The van der Waals surface area contributed by atoms with Crippen LogP contribution in [-0.2, 0) is 0 Å². The molecule has 0 aromatic carbocycles. The summed E-state index contributed by atoms with van der Waals surface area (Å²) >= 11 is 7.92. The zero-order valence-electron chi connectivity index (χ0n) is 11.9. The van der Waals surface area contributed by atoms with Crippen LogP contribution in [0.3, 0.4) is 0 Å². The molecule has 0 aliphatic carbocycles. The molecule has 0 spiro atoms. The SMILES string of the molecule is C[N+]1(C(Br)CCC(Br)[N+]2(C)CCCC2)CCCC1. The first-order chi connectivity index (χ1) is 8.46. The Bertz CT molecular complexity index is 243. The lowest BCUT2D eigenvalue weighted by atomic mass is 10.2. The monoisotopic (exact) mass is 382 g/mol. The molecular weight excluding hydrogens is 356 g/mol. The molecule has 18 heavy (non-hydrogen) atoms. The first-order valence-electron chi connectivity index (χ1n) is 7.43. The molecule has 106 valence electrons. The van der Waals surface area contributed by atoms with Crippen molar-refractivity contribution in [2.75, 3.05) is 40.3 Å². The van der Waals surface area contributed by atoms with Crippen LogP contribution in [0.15, 0.2) is 0 Å². The molecule has 0 saturated carbocycles. The van der Waals surface area contributed by atoms with E-state index in [4.69, 9.17) is 0 Å². The number of alkyl halides is 2. The molecule has 2 heterocycles. The first-order valence-corrected chi connectivity index (χ1v) is 9.26. The quantitative estimate of drug-likeness (QED) is 0.385. The van der Waals surface area contributed by atoms with Crippen molar-refractivity contribution in [1.82, 2.24) is 0 Å². The molecule has 0 N–H and O–H groups in total. The molecule has 2 fully saturated rings. The van der Waals surface area contributed by atoms with E-state index in [0.717, 1.165) is 0 Å². The van der Waals surface area contributed by atoms with Gasteiger partial charge in [0, 0.05) is 38.5 Å². The fourth-order valence-corrected chi connectivity index (χ4v) is 4.92. The zero-order chi connectivity index (χ0) is 13.2. The van der Waals surface area contributed by atoms with Crippen LogP contribution in [-0.4, -0.2) is 59.1 Å². The van der Waals surface area contributed by atoms with Crippen molar-refractivity contribution in [3.8, 4) is 0 Å². The van der Waals surface area contributed by atoms with Crippen molar-refractivity contribution in [2.24, 2.45) is 0 Å². The average molecular weight is 384 g/mol. The van der Waals surface area contributed by atoms with E-state index in [1.807, 2.05) is 0 Å². The number of hydrogen-bond acceptors (Lipinski definition) is 0. The van der Waals surface area contributed by atoms with Gasteiger partial charge in [0.1, 0.15) is 9.90 Å². The van der Waals surface area contributed by atoms with Crippen molar-refractivity contribution in [2.45, 2.75) is 48.4 Å². The van der Waals surface area contributed by atoms with Crippen molar-refractivity contribution in [1.29, 1.82) is 0 Å². The lowest BCUT2D eigenvalue weighted by Crippen LogP contribution is -2.49. The van der Waals surface area contributed by atoms with Crippen LogP contribution < -0.4 is 0 Å². The molecule has 2 atom stereocenters. The predicted molar refractivity (Wildman–Crippen MR) is 85.0 cm³/mol. The van der Waals surface area contributed by atoms with Crippen molar-refractivity contribution < 1.29 is 8.97 Å². The minimum atomic E-state index is 0.647. The Morgan fingerprint density at radius 3 is 1.28 bits per heavy atom. The molecule has 2 saturated heterocycles. The predicted octanol–water partition coefficient (Wildman–Crippen LogP) is 3.69. The first kappa shape index (κ1) is 15.3. The van der Waals surface area contributed by atoms with Gasteiger partial charge < -0.3 is 8.97 Å². The van der Waals surface area contributed by atoms with Crippen LogP contribution in [0.5, 0.6) is 0 Å². The minimum absolute atomic E-state index is 0.647. The lowest BCUT2D eigenvalue weighted by Gasteiger charge is -2.37. The molecule has 0 aromatic heterocycles. The Balaban J connectivity index is 1.80. The van der Waals surface area contributed by atoms with Crippen LogP contribution in [0.2, 0.25) is 0 Å². The third-order valence-electron chi connectivity index (χ3n) is 5.17. The number of nitrogens with zero attached hydrogens (tertiary/aromatic N) is 2. The highest BCUT2D eigenvalue weighted by atomic mass is 79.9. The van der Waals surface area contributed by atoms with Crippen LogP contribution >= 0.6 is 31.9 Å². The van der Waals surface area contributed by atoms with Crippen LogP contribution in [0.25, 0.3) is 0 Å². The minimum Gasteiger partial charge on any atom is -0.315 e. The maximum absolute atomic E-state index is 3.96. The molecule has 0 aromatic rings. The number of rotatable bonds is 5.